The van der Waals surface area contributed by atoms with E-state index in [0.717, 1.165) is 28.6 Å². The molecular weight excluding hydrogens is 278 g/mol. The zero-order valence-corrected chi connectivity index (χ0v) is 12.5. The van der Waals surface area contributed by atoms with E-state index in [-0.39, 0.29) is 17.4 Å². The van der Waals surface area contributed by atoms with Gasteiger partial charge in [-0.2, -0.15) is 0 Å². The summed E-state index contributed by atoms with van der Waals surface area (Å²) >= 11 is 1.09. The summed E-state index contributed by atoms with van der Waals surface area (Å²) in [6.45, 7) is 2.50. The van der Waals surface area contributed by atoms with Crippen LogP contribution in [0.1, 0.15) is 11.1 Å². The summed E-state index contributed by atoms with van der Waals surface area (Å²) in [5.41, 5.74) is 2.16. The summed E-state index contributed by atoms with van der Waals surface area (Å²) in [6, 6.07) is 5.95. The molecule has 0 aliphatic carbocycles. The molecule has 0 spiro atoms. The van der Waals surface area contributed by atoms with E-state index in [1.54, 1.807) is 7.11 Å². The van der Waals surface area contributed by atoms with Gasteiger partial charge >= 0.3 is 5.97 Å². The van der Waals surface area contributed by atoms with E-state index in [1.807, 2.05) is 25.1 Å². The van der Waals surface area contributed by atoms with E-state index in [9.17, 15) is 9.59 Å². The molecule has 0 saturated carbocycles. The molecule has 0 radical (unpaired) electrons. The van der Waals surface area contributed by atoms with Gasteiger partial charge in [-0.15, -0.1) is 11.8 Å². The third-order valence-corrected chi connectivity index (χ3v) is 3.58. The Bertz CT molecular complexity index is 476. The number of carbonyl (C=O) groups is 2. The molecule has 110 valence electrons. The number of carboxylic acid groups (broad SMARTS) is 1. The van der Waals surface area contributed by atoms with Crippen LogP contribution in [0.3, 0.4) is 0 Å². The summed E-state index contributed by atoms with van der Waals surface area (Å²) in [5.74, 6) is -0.0951. The maximum atomic E-state index is 11.4. The van der Waals surface area contributed by atoms with Gasteiger partial charge in [0.1, 0.15) is 5.75 Å². The second-order valence-corrected chi connectivity index (χ2v) is 5.28. The first-order valence-corrected chi connectivity index (χ1v) is 7.38. The molecule has 0 heterocycles. The van der Waals surface area contributed by atoms with Gasteiger partial charge in [-0.05, 0) is 30.5 Å². The molecule has 1 aromatic carbocycles. The molecule has 20 heavy (non-hydrogen) atoms. The summed E-state index contributed by atoms with van der Waals surface area (Å²) in [5, 5.41) is 11.2. The lowest BCUT2D eigenvalue weighted by molar-refractivity contribution is -0.133. The Morgan fingerprint density at radius 3 is 2.75 bits per heavy atom. The van der Waals surface area contributed by atoms with Crippen LogP contribution in [-0.4, -0.2) is 42.1 Å². The molecule has 0 fully saturated rings. The maximum Gasteiger partial charge on any atom is 0.313 e. The van der Waals surface area contributed by atoms with Gasteiger partial charge in [-0.3, -0.25) is 9.59 Å². The van der Waals surface area contributed by atoms with E-state index >= 15 is 0 Å². The Morgan fingerprint density at radius 1 is 1.35 bits per heavy atom. The Morgan fingerprint density at radius 2 is 2.10 bits per heavy atom. The van der Waals surface area contributed by atoms with E-state index in [0.29, 0.717) is 13.0 Å². The smallest absolute Gasteiger partial charge is 0.313 e. The van der Waals surface area contributed by atoms with Gasteiger partial charge in [-0.25, -0.2) is 0 Å². The molecule has 0 unspecified atom stereocenters. The van der Waals surface area contributed by atoms with Crippen LogP contribution in [0.2, 0.25) is 0 Å². The molecule has 0 aliphatic heterocycles. The highest BCUT2D eigenvalue weighted by Crippen LogP contribution is 2.18. The molecule has 0 saturated heterocycles. The highest BCUT2D eigenvalue weighted by Gasteiger charge is 2.04. The number of hydrogen-bond acceptors (Lipinski definition) is 4. The first-order valence-electron chi connectivity index (χ1n) is 6.22. The highest BCUT2D eigenvalue weighted by atomic mass is 32.2. The molecule has 5 nitrogen and oxygen atoms in total. The van der Waals surface area contributed by atoms with Crippen LogP contribution >= 0.6 is 11.8 Å². The first-order chi connectivity index (χ1) is 9.52. The van der Waals surface area contributed by atoms with Crippen molar-refractivity contribution in [3.63, 3.8) is 0 Å². The zero-order chi connectivity index (χ0) is 15.0. The molecule has 1 aromatic rings. The normalized spacial score (nSPS) is 10.1. The number of amides is 1. The fourth-order valence-corrected chi connectivity index (χ4v) is 2.21. The van der Waals surface area contributed by atoms with Crippen molar-refractivity contribution in [2.24, 2.45) is 0 Å². The summed E-state index contributed by atoms with van der Waals surface area (Å²) < 4.78 is 5.24. The van der Waals surface area contributed by atoms with Crippen molar-refractivity contribution in [2.75, 3.05) is 25.2 Å². The average molecular weight is 297 g/mol. The maximum absolute atomic E-state index is 11.4. The quantitative estimate of drug-likeness (QED) is 0.760. The minimum atomic E-state index is -0.908. The second-order valence-electron chi connectivity index (χ2n) is 4.29. The topological polar surface area (TPSA) is 75.6 Å². The van der Waals surface area contributed by atoms with E-state index in [4.69, 9.17) is 9.84 Å². The van der Waals surface area contributed by atoms with Crippen LogP contribution in [0.15, 0.2) is 18.2 Å². The van der Waals surface area contributed by atoms with Crippen LogP contribution in [0.25, 0.3) is 0 Å². The highest BCUT2D eigenvalue weighted by molar-refractivity contribution is 8.00. The summed E-state index contributed by atoms with van der Waals surface area (Å²) in [6.07, 6.45) is 0.714. The largest absolute Gasteiger partial charge is 0.496 e. The number of methoxy groups -OCH3 is 1. The monoisotopic (exact) mass is 297 g/mol. The number of ether oxygens (including phenoxy) is 1. The van der Waals surface area contributed by atoms with Gasteiger partial charge < -0.3 is 15.2 Å². The van der Waals surface area contributed by atoms with Crippen LogP contribution in [0, 0.1) is 6.92 Å². The SMILES string of the molecule is COc1cc(CCNC(=O)CSCC(=O)O)ccc1C. The molecular formula is C14H19NO4S. The lowest BCUT2D eigenvalue weighted by Crippen LogP contribution is -2.27. The standard InChI is InChI=1S/C14H19NO4S/c1-10-3-4-11(7-12(10)19-2)5-6-15-13(16)8-20-9-14(17)18/h3-4,7H,5-6,8-9H2,1-2H3,(H,15,16)(H,17,18). The Balaban J connectivity index is 2.30. The van der Waals surface area contributed by atoms with E-state index in [2.05, 4.69) is 5.32 Å². The molecule has 0 aliphatic rings. The fourth-order valence-electron chi connectivity index (χ4n) is 1.65. The van der Waals surface area contributed by atoms with Crippen molar-refractivity contribution in [1.82, 2.24) is 5.32 Å². The first kappa shape index (κ1) is 16.4. The van der Waals surface area contributed by atoms with Crippen LogP contribution in [-0.2, 0) is 16.0 Å². The van der Waals surface area contributed by atoms with Gasteiger partial charge in [0.2, 0.25) is 5.91 Å². The fraction of sp³-hybridized carbons (Fsp3) is 0.429. The molecule has 2 N–H and O–H groups in total. The summed E-state index contributed by atoms with van der Waals surface area (Å²) in [7, 11) is 1.63. The van der Waals surface area contributed by atoms with Gasteiger partial charge in [0, 0.05) is 6.54 Å². The molecule has 6 heteroatoms. The Kier molecular flexibility index (Phi) is 6.93. The van der Waals surface area contributed by atoms with Crippen molar-refractivity contribution in [3.05, 3.63) is 29.3 Å². The van der Waals surface area contributed by atoms with Crippen LogP contribution < -0.4 is 10.1 Å². The van der Waals surface area contributed by atoms with Crippen LogP contribution in [0.5, 0.6) is 5.75 Å². The van der Waals surface area contributed by atoms with E-state index in [1.165, 1.54) is 0 Å². The number of rotatable bonds is 8. The predicted octanol–water partition coefficient (Wildman–Crippen LogP) is 1.48. The predicted molar refractivity (Wildman–Crippen MR) is 79.4 cm³/mol. The third-order valence-electron chi connectivity index (χ3n) is 2.67. The number of thioether (sulfide) groups is 1. The number of nitrogens with one attached hydrogen (secondary N) is 1. The van der Waals surface area contributed by atoms with Crippen molar-refractivity contribution >= 4 is 23.6 Å². The summed E-state index contributed by atoms with van der Waals surface area (Å²) in [4.78, 5) is 21.7. The third kappa shape index (κ3) is 5.97. The number of hydrogen-bond donors (Lipinski definition) is 2. The lowest BCUT2D eigenvalue weighted by atomic mass is 10.1. The number of aryl methyl sites for hydroxylation is 1. The van der Waals surface area contributed by atoms with Gasteiger partial charge in [0.05, 0.1) is 18.6 Å². The van der Waals surface area contributed by atoms with Crippen LogP contribution in [0.4, 0.5) is 0 Å². The number of aliphatic carboxylic acids is 1. The molecule has 0 bridgehead atoms. The average Bonchev–Trinajstić information content (AvgIpc) is 2.40. The molecule has 1 rings (SSSR count). The second kappa shape index (κ2) is 8.47. The van der Waals surface area contributed by atoms with Crippen molar-refractivity contribution in [1.29, 1.82) is 0 Å². The van der Waals surface area contributed by atoms with Gasteiger partial charge in [-0.1, -0.05) is 12.1 Å². The molecule has 0 aromatic heterocycles. The minimum absolute atomic E-state index is 0.0530. The van der Waals surface area contributed by atoms with Gasteiger partial charge in [0.25, 0.3) is 0 Å². The molecule has 0 atom stereocenters. The van der Waals surface area contributed by atoms with E-state index < -0.39 is 5.97 Å². The Hall–Kier alpha value is -1.69. The Labute approximate surface area is 122 Å². The number of carboxylic acids is 1. The van der Waals surface area contributed by atoms with Crippen molar-refractivity contribution in [3.8, 4) is 5.75 Å². The van der Waals surface area contributed by atoms with Crippen molar-refractivity contribution in [2.45, 2.75) is 13.3 Å². The lowest BCUT2D eigenvalue weighted by Gasteiger charge is -2.08. The number of benzene rings is 1. The van der Waals surface area contributed by atoms with Crippen molar-refractivity contribution < 1.29 is 19.4 Å². The van der Waals surface area contributed by atoms with Gasteiger partial charge in [0.15, 0.2) is 0 Å². The molecule has 1 amide bonds. The minimum Gasteiger partial charge on any atom is -0.496 e. The zero-order valence-electron chi connectivity index (χ0n) is 11.6. The number of carbonyl (C=O) groups excluding carboxylic acids is 1.